The Balaban J connectivity index is 2.35. The minimum absolute atomic E-state index is 0.180. The second kappa shape index (κ2) is 7.87. The highest BCUT2D eigenvalue weighted by molar-refractivity contribution is 5.46. The van der Waals surface area contributed by atoms with Gasteiger partial charge in [-0.1, -0.05) is 13.8 Å². The average Bonchev–Trinajstić information content (AvgIpc) is 2.36. The van der Waals surface area contributed by atoms with Gasteiger partial charge in [-0.3, -0.25) is 0 Å². The molecule has 3 nitrogen and oxygen atoms in total. The maximum absolute atomic E-state index is 11.9. The van der Waals surface area contributed by atoms with Crippen molar-refractivity contribution in [2.75, 3.05) is 31.5 Å². The second-order valence-electron chi connectivity index (χ2n) is 3.86. The summed E-state index contributed by atoms with van der Waals surface area (Å²) in [5, 5.41) is 3.24. The molecule has 5 heteroatoms. The molecule has 0 aliphatic heterocycles. The summed E-state index contributed by atoms with van der Waals surface area (Å²) in [6.45, 7) is 5.32. The van der Waals surface area contributed by atoms with Gasteiger partial charge < -0.3 is 15.0 Å². The molecule has 0 aliphatic rings. The van der Waals surface area contributed by atoms with Crippen LogP contribution in [0.5, 0.6) is 5.75 Å². The van der Waals surface area contributed by atoms with Gasteiger partial charge >= 0.3 is 6.61 Å². The van der Waals surface area contributed by atoms with E-state index in [2.05, 4.69) is 28.8 Å². The van der Waals surface area contributed by atoms with Crippen LogP contribution in [0.15, 0.2) is 24.3 Å². The highest BCUT2D eigenvalue weighted by Crippen LogP contribution is 2.17. The van der Waals surface area contributed by atoms with Crippen molar-refractivity contribution in [1.82, 2.24) is 4.90 Å². The number of hydrogen-bond acceptors (Lipinski definition) is 3. The van der Waals surface area contributed by atoms with E-state index in [1.807, 2.05) is 0 Å². The van der Waals surface area contributed by atoms with E-state index in [0.29, 0.717) is 0 Å². The van der Waals surface area contributed by atoms with Crippen molar-refractivity contribution in [3.8, 4) is 5.75 Å². The van der Waals surface area contributed by atoms with Crippen LogP contribution in [0.4, 0.5) is 14.5 Å². The standard InChI is InChI=1S/C13H20F2N2O/c1-3-17(4-2)10-9-16-11-5-7-12(8-6-11)18-13(14)15/h5-8,13,16H,3-4,9-10H2,1-2H3. The largest absolute Gasteiger partial charge is 0.435 e. The Labute approximate surface area is 107 Å². The molecule has 0 unspecified atom stereocenters. The molecule has 0 amide bonds. The van der Waals surface area contributed by atoms with E-state index < -0.39 is 6.61 Å². The van der Waals surface area contributed by atoms with Crippen LogP contribution in [0.2, 0.25) is 0 Å². The SMILES string of the molecule is CCN(CC)CCNc1ccc(OC(F)F)cc1. The lowest BCUT2D eigenvalue weighted by molar-refractivity contribution is -0.0498. The Kier molecular flexibility index (Phi) is 6.43. The Bertz CT molecular complexity index is 326. The number of hydrogen-bond donors (Lipinski definition) is 1. The fourth-order valence-electron chi connectivity index (χ4n) is 1.65. The molecular formula is C13H20F2N2O. The first-order valence-electron chi connectivity index (χ1n) is 6.16. The quantitative estimate of drug-likeness (QED) is 0.775. The Hall–Kier alpha value is -1.36. The normalized spacial score (nSPS) is 11.0. The number of alkyl halides is 2. The third-order valence-corrected chi connectivity index (χ3v) is 2.73. The van der Waals surface area contributed by atoms with Crippen molar-refractivity contribution in [2.45, 2.75) is 20.5 Å². The summed E-state index contributed by atoms with van der Waals surface area (Å²) in [6, 6.07) is 6.54. The first-order chi connectivity index (χ1) is 8.65. The molecule has 0 aromatic heterocycles. The molecule has 1 aromatic carbocycles. The summed E-state index contributed by atoms with van der Waals surface area (Å²) in [4.78, 5) is 2.31. The van der Waals surface area contributed by atoms with Gasteiger partial charge in [0.05, 0.1) is 0 Å². The van der Waals surface area contributed by atoms with Gasteiger partial charge in [-0.2, -0.15) is 8.78 Å². The third kappa shape index (κ3) is 5.31. The number of ether oxygens (including phenoxy) is 1. The molecule has 18 heavy (non-hydrogen) atoms. The zero-order valence-electron chi connectivity index (χ0n) is 10.8. The van der Waals surface area contributed by atoms with Gasteiger partial charge in [0, 0.05) is 18.8 Å². The van der Waals surface area contributed by atoms with Crippen LogP contribution in [0.3, 0.4) is 0 Å². The van der Waals surface area contributed by atoms with E-state index in [0.717, 1.165) is 31.9 Å². The predicted octanol–water partition coefficient (Wildman–Crippen LogP) is 3.04. The molecule has 102 valence electrons. The first-order valence-corrected chi connectivity index (χ1v) is 6.16. The second-order valence-corrected chi connectivity index (χ2v) is 3.86. The van der Waals surface area contributed by atoms with E-state index in [9.17, 15) is 8.78 Å². The Morgan fingerprint density at radius 2 is 1.78 bits per heavy atom. The van der Waals surface area contributed by atoms with Crippen molar-refractivity contribution in [2.24, 2.45) is 0 Å². The maximum Gasteiger partial charge on any atom is 0.387 e. The number of nitrogens with zero attached hydrogens (tertiary/aromatic N) is 1. The third-order valence-electron chi connectivity index (χ3n) is 2.73. The van der Waals surface area contributed by atoms with Crippen LogP contribution in [0.1, 0.15) is 13.8 Å². The molecule has 0 fully saturated rings. The van der Waals surface area contributed by atoms with Gasteiger partial charge in [0.2, 0.25) is 0 Å². The van der Waals surface area contributed by atoms with Gasteiger partial charge in [-0.25, -0.2) is 0 Å². The summed E-state index contributed by atoms with van der Waals surface area (Å²) in [7, 11) is 0. The molecule has 0 spiro atoms. The molecule has 0 saturated carbocycles. The zero-order valence-corrected chi connectivity index (χ0v) is 10.8. The summed E-state index contributed by atoms with van der Waals surface area (Å²) < 4.78 is 28.2. The van der Waals surface area contributed by atoms with Gasteiger partial charge in [0.15, 0.2) is 0 Å². The van der Waals surface area contributed by atoms with E-state index in [4.69, 9.17) is 0 Å². The fourth-order valence-corrected chi connectivity index (χ4v) is 1.65. The lowest BCUT2D eigenvalue weighted by atomic mass is 10.3. The van der Waals surface area contributed by atoms with Gasteiger partial charge in [-0.15, -0.1) is 0 Å². The minimum Gasteiger partial charge on any atom is -0.435 e. The molecule has 0 aliphatic carbocycles. The number of benzene rings is 1. The lowest BCUT2D eigenvalue weighted by Gasteiger charge is -2.18. The van der Waals surface area contributed by atoms with Gasteiger partial charge in [0.25, 0.3) is 0 Å². The number of anilines is 1. The van der Waals surface area contributed by atoms with Gasteiger partial charge in [-0.05, 0) is 37.4 Å². The van der Waals surface area contributed by atoms with Crippen molar-refractivity contribution >= 4 is 5.69 Å². The molecule has 0 atom stereocenters. The van der Waals surface area contributed by atoms with Crippen LogP contribution < -0.4 is 10.1 Å². The maximum atomic E-state index is 11.9. The van der Waals surface area contributed by atoms with Crippen LogP contribution in [-0.4, -0.2) is 37.7 Å². The molecule has 0 heterocycles. The number of halogens is 2. The molecule has 1 N–H and O–H groups in total. The van der Waals surface area contributed by atoms with Crippen molar-refractivity contribution < 1.29 is 13.5 Å². The van der Waals surface area contributed by atoms with E-state index >= 15 is 0 Å². The van der Waals surface area contributed by atoms with E-state index in [-0.39, 0.29) is 5.75 Å². The smallest absolute Gasteiger partial charge is 0.387 e. The first kappa shape index (κ1) is 14.7. The number of rotatable bonds is 8. The molecule has 0 saturated heterocycles. The number of nitrogens with one attached hydrogen (secondary N) is 1. The molecule has 1 aromatic rings. The monoisotopic (exact) mass is 258 g/mol. The highest BCUT2D eigenvalue weighted by Gasteiger charge is 2.03. The molecule has 0 bridgehead atoms. The van der Waals surface area contributed by atoms with Gasteiger partial charge in [0.1, 0.15) is 5.75 Å². The topological polar surface area (TPSA) is 24.5 Å². The lowest BCUT2D eigenvalue weighted by Crippen LogP contribution is -2.28. The Morgan fingerprint density at radius 1 is 1.17 bits per heavy atom. The zero-order chi connectivity index (χ0) is 13.4. The van der Waals surface area contributed by atoms with Crippen LogP contribution in [0.25, 0.3) is 0 Å². The average molecular weight is 258 g/mol. The minimum atomic E-state index is -2.77. The summed E-state index contributed by atoms with van der Waals surface area (Å²) in [6.07, 6.45) is 0. The number of likely N-dealkylation sites (N-methyl/N-ethyl adjacent to an activating group) is 1. The van der Waals surface area contributed by atoms with Crippen molar-refractivity contribution in [1.29, 1.82) is 0 Å². The van der Waals surface area contributed by atoms with E-state index in [1.54, 1.807) is 12.1 Å². The van der Waals surface area contributed by atoms with Crippen LogP contribution in [0, 0.1) is 0 Å². The molecular weight excluding hydrogens is 238 g/mol. The molecule has 0 radical (unpaired) electrons. The van der Waals surface area contributed by atoms with E-state index in [1.165, 1.54) is 12.1 Å². The molecule has 1 rings (SSSR count). The van der Waals surface area contributed by atoms with Crippen LogP contribution >= 0.6 is 0 Å². The van der Waals surface area contributed by atoms with Crippen molar-refractivity contribution in [3.63, 3.8) is 0 Å². The predicted molar refractivity (Wildman–Crippen MR) is 69.4 cm³/mol. The fraction of sp³-hybridized carbons (Fsp3) is 0.538. The van der Waals surface area contributed by atoms with Crippen LogP contribution in [-0.2, 0) is 0 Å². The highest BCUT2D eigenvalue weighted by atomic mass is 19.3. The summed E-state index contributed by atoms with van der Waals surface area (Å²) in [5.41, 5.74) is 0.906. The summed E-state index contributed by atoms with van der Waals surface area (Å²) >= 11 is 0. The summed E-state index contributed by atoms with van der Waals surface area (Å²) in [5.74, 6) is 0.180. The van der Waals surface area contributed by atoms with Crippen molar-refractivity contribution in [3.05, 3.63) is 24.3 Å². The Morgan fingerprint density at radius 3 is 2.28 bits per heavy atom.